The average Bonchev–Trinajstić information content (AvgIpc) is 1.20. The first-order valence-corrected chi connectivity index (χ1v) is 52.0. The van der Waals surface area contributed by atoms with Crippen LogP contribution in [0, 0.1) is 0 Å². The van der Waals surface area contributed by atoms with E-state index in [1.807, 2.05) is 194 Å². The number of para-hydroxylation sites is 6. The highest BCUT2D eigenvalue weighted by molar-refractivity contribution is 7.02. The number of hydrogen-bond acceptors (Lipinski definition) is 12. The van der Waals surface area contributed by atoms with Gasteiger partial charge in [-0.05, 0) is 135 Å². The predicted octanol–water partition coefficient (Wildman–Crippen LogP) is 32.2. The second-order valence-corrected chi connectivity index (χ2v) is 41.3. The normalized spacial score (nSPS) is 12.1. The van der Waals surface area contributed by atoms with Crippen LogP contribution < -0.4 is 15.3 Å². The Labute approximate surface area is 842 Å². The molecule has 15 heteroatoms. The Morgan fingerprint density at radius 1 is 0.171 bits per heavy atom. The Morgan fingerprint density at radius 3 is 0.884 bits per heavy atom. The highest BCUT2D eigenvalue weighted by Crippen LogP contribution is 2.49. The summed E-state index contributed by atoms with van der Waals surface area (Å²) in [5.74, 6) is 5.62. The van der Waals surface area contributed by atoms with E-state index >= 15 is 0 Å². The molecule has 0 atom stereocenters. The molecule has 28 rings (SSSR count). The minimum Gasteiger partial charge on any atom is -0.456 e. The lowest BCUT2D eigenvalue weighted by Gasteiger charge is -2.41. The molecule has 146 heavy (non-hydrogen) atoms. The smallest absolute Gasteiger partial charge is 0.166 e. The van der Waals surface area contributed by atoms with Gasteiger partial charge in [-0.25, -0.2) is 44.9 Å². The van der Waals surface area contributed by atoms with E-state index < -0.39 is 8.07 Å². The molecule has 0 aliphatic carbocycles. The summed E-state index contributed by atoms with van der Waals surface area (Å²) in [7, 11) is -1.96. The van der Waals surface area contributed by atoms with E-state index in [2.05, 4.69) is 330 Å². The van der Waals surface area contributed by atoms with Crippen LogP contribution in [0.2, 0.25) is 13.1 Å². The van der Waals surface area contributed by atoms with Gasteiger partial charge in [0.15, 0.2) is 52.4 Å². The molecule has 0 saturated carbocycles. The molecule has 27 aromatic rings. The van der Waals surface area contributed by atoms with Crippen LogP contribution in [0.3, 0.4) is 0 Å². The van der Waals surface area contributed by atoms with Crippen LogP contribution in [-0.2, 0) is 0 Å². The maximum atomic E-state index is 6.42. The summed E-state index contributed by atoms with van der Waals surface area (Å²) in [6, 6.07) is 172. The van der Waals surface area contributed by atoms with Gasteiger partial charge in [-0.2, -0.15) is 0 Å². The van der Waals surface area contributed by atoms with Crippen LogP contribution in [-0.4, -0.2) is 62.1 Å². The molecule has 0 fully saturated rings. The Kier molecular flexibility index (Phi) is 22.0. The first kappa shape index (κ1) is 86.9. The van der Waals surface area contributed by atoms with Gasteiger partial charge >= 0.3 is 0 Å². The minimum atomic E-state index is -1.96. The van der Waals surface area contributed by atoms with E-state index in [1.165, 1.54) is 27.1 Å². The molecule has 0 N–H and O–H groups in total. The second kappa shape index (κ2) is 37.0. The topological polar surface area (TPSA) is 155 Å². The van der Waals surface area contributed by atoms with Gasteiger partial charge in [0.25, 0.3) is 0 Å². The lowest BCUT2D eigenvalue weighted by Crippen LogP contribution is -2.58. The predicted molar refractivity (Wildman–Crippen MR) is 599 cm³/mol. The summed E-state index contributed by atoms with van der Waals surface area (Å²) in [4.78, 5) is 48.5. The van der Waals surface area contributed by atoms with Gasteiger partial charge < -0.3 is 22.9 Å². The molecule has 1 aliphatic rings. The Balaban J connectivity index is 0.000000111. The van der Waals surface area contributed by atoms with E-state index in [0.717, 1.165) is 183 Å². The molecule has 0 bridgehead atoms. The van der Waals surface area contributed by atoms with Gasteiger partial charge in [-0.1, -0.05) is 413 Å². The Morgan fingerprint density at radius 2 is 0.473 bits per heavy atom. The van der Waals surface area contributed by atoms with Crippen LogP contribution in [0.1, 0.15) is 0 Å². The van der Waals surface area contributed by atoms with Crippen molar-refractivity contribution in [2.75, 3.05) is 4.90 Å². The molecule has 0 radical (unpaired) electrons. The summed E-state index contributed by atoms with van der Waals surface area (Å²) in [5.41, 5.74) is 28.2. The molecule has 14 nitrogen and oxygen atoms in total. The van der Waals surface area contributed by atoms with Crippen LogP contribution in [0.15, 0.2) is 506 Å². The van der Waals surface area contributed by atoms with Crippen molar-refractivity contribution in [3.8, 4) is 147 Å². The van der Waals surface area contributed by atoms with Gasteiger partial charge in [0, 0.05) is 111 Å². The SMILES string of the molecule is C[Si]1(C)c2ccccc2N(c2ccc(-c3ccccc3)cc2-c2nc(-c3ccccc3)nc(-c3ccccc3)n2)c2ccccc21.c1ccc(-c2ccc(-n3c4ccccc4c4c5c(ccc43)oc3ccccc35)c(-c3nc(-c4ccccc4)nc(-c4ccccc4)n3)c2)cc1.c1ccc(-c2ccc(-n3c4ccccc4c4cc5c(cc43)oc3ccccc35)c(-c3nc(-c4ccccc4)nc(-c4ccccc4)n3)c2)cc1. The third kappa shape index (κ3) is 15.9. The molecular weight excluding hydrogens is 1800 g/mol. The first-order valence-electron chi connectivity index (χ1n) is 49.0. The zero-order valence-corrected chi connectivity index (χ0v) is 80.5. The molecular formula is C131H88N12O2Si. The number of rotatable bonds is 15. The number of hydrogen-bond donors (Lipinski definition) is 0. The molecule has 0 saturated heterocycles. The molecule has 20 aromatic carbocycles. The van der Waals surface area contributed by atoms with Gasteiger partial charge in [0.05, 0.1) is 39.1 Å². The summed E-state index contributed by atoms with van der Waals surface area (Å²) in [6.45, 7) is 4.90. The number of aromatic nitrogens is 11. The molecule has 688 valence electrons. The van der Waals surface area contributed by atoms with Crippen molar-refractivity contribution in [1.82, 2.24) is 54.0 Å². The van der Waals surface area contributed by atoms with Crippen molar-refractivity contribution in [1.29, 1.82) is 0 Å². The fourth-order valence-electron chi connectivity index (χ4n) is 20.9. The number of anilines is 3. The zero-order chi connectivity index (χ0) is 97.1. The maximum absolute atomic E-state index is 6.42. The third-order valence-electron chi connectivity index (χ3n) is 27.8. The highest BCUT2D eigenvalue weighted by Gasteiger charge is 2.40. The van der Waals surface area contributed by atoms with E-state index in [4.69, 9.17) is 53.7 Å². The Hall–Kier alpha value is -19.4. The van der Waals surface area contributed by atoms with E-state index in [-0.39, 0.29) is 0 Å². The fraction of sp³-hybridized carbons (Fsp3) is 0.0153. The molecule has 1 aliphatic heterocycles. The van der Waals surface area contributed by atoms with Crippen LogP contribution in [0.4, 0.5) is 17.1 Å². The maximum Gasteiger partial charge on any atom is 0.166 e. The number of fused-ring (bicyclic) bond motifs is 15. The molecule has 0 unspecified atom stereocenters. The zero-order valence-electron chi connectivity index (χ0n) is 79.5. The van der Waals surface area contributed by atoms with E-state index in [9.17, 15) is 0 Å². The molecule has 0 amide bonds. The summed E-state index contributed by atoms with van der Waals surface area (Å²) in [6.07, 6.45) is 0. The summed E-state index contributed by atoms with van der Waals surface area (Å²) < 4.78 is 17.5. The van der Waals surface area contributed by atoms with Crippen molar-refractivity contribution < 1.29 is 8.83 Å². The number of furan rings is 2. The van der Waals surface area contributed by atoms with E-state index in [0.29, 0.717) is 52.4 Å². The third-order valence-corrected chi connectivity index (χ3v) is 31.4. The number of benzene rings is 20. The van der Waals surface area contributed by atoms with Gasteiger partial charge in [-0.15, -0.1) is 0 Å². The lowest BCUT2D eigenvalue weighted by molar-refractivity contribution is 0.669. The Bertz CT molecular complexity index is 9430. The van der Waals surface area contributed by atoms with E-state index in [1.54, 1.807) is 0 Å². The van der Waals surface area contributed by atoms with Crippen LogP contribution in [0.5, 0.6) is 0 Å². The molecule has 7 aromatic heterocycles. The summed E-state index contributed by atoms with van der Waals surface area (Å²) in [5, 5.41) is 11.9. The summed E-state index contributed by atoms with van der Waals surface area (Å²) >= 11 is 0. The van der Waals surface area contributed by atoms with Crippen molar-refractivity contribution in [3.05, 3.63) is 497 Å². The van der Waals surface area contributed by atoms with Crippen LogP contribution in [0.25, 0.3) is 235 Å². The monoisotopic (exact) mass is 1890 g/mol. The van der Waals surface area contributed by atoms with Gasteiger partial charge in [-0.3, -0.25) is 0 Å². The lowest BCUT2D eigenvalue weighted by atomic mass is 9.99. The minimum absolute atomic E-state index is 0.598. The fourth-order valence-corrected chi connectivity index (χ4v) is 23.8. The average molecular weight is 1890 g/mol. The van der Waals surface area contributed by atoms with Gasteiger partial charge in [0.1, 0.15) is 30.4 Å². The quantitative estimate of drug-likeness (QED) is 0.0897. The van der Waals surface area contributed by atoms with Crippen molar-refractivity contribution in [3.63, 3.8) is 0 Å². The highest BCUT2D eigenvalue weighted by atomic mass is 28.3. The second-order valence-electron chi connectivity index (χ2n) is 37.0. The van der Waals surface area contributed by atoms with Crippen molar-refractivity contribution >= 4 is 123 Å². The number of nitrogens with zero attached hydrogens (tertiary/aromatic N) is 12. The molecule has 0 spiro atoms. The largest absolute Gasteiger partial charge is 0.456 e. The first-order chi connectivity index (χ1) is 72.2. The van der Waals surface area contributed by atoms with Crippen LogP contribution >= 0.6 is 0 Å². The molecule has 8 heterocycles. The van der Waals surface area contributed by atoms with Crippen molar-refractivity contribution in [2.45, 2.75) is 13.1 Å². The van der Waals surface area contributed by atoms with Gasteiger partial charge in [0.2, 0.25) is 0 Å². The van der Waals surface area contributed by atoms with Crippen molar-refractivity contribution in [2.24, 2.45) is 0 Å². The standard InChI is InChI=1S/2C45H28N4O.C41H32N4Si/c1-4-14-29(15-5-1)32-24-25-39(37(26-32)45-47-43(30-16-6-2-7-17-30)46-44(48-45)31-18-8-3-9-19-31)49-38-22-12-10-20-33(38)35-27-36-34-21-11-13-23-41(34)50-42(36)28-40(35)49;1-4-14-29(15-5-1)32-24-25-37(35(28-32)45-47-43(30-16-6-2-7-17-30)46-44(48-45)31-18-8-3-9-19-31)49-36-22-12-10-20-33(36)41-38(49)26-27-40-42(41)34-21-11-13-23-39(34)50-40;1-46(2)37-24-14-12-22-35(37)45(36-23-13-15-25-38(36)46)34-27-26-32(29-16-6-3-7-17-29)28-33(34)41-43-39(30-18-8-4-9-19-30)42-40(44-41)31-20-10-5-11-21-31/h2*1-28H;3-28H,1-2H3.